The molecule has 1 aliphatic heterocycles. The molecule has 0 spiro atoms. The predicted octanol–water partition coefficient (Wildman–Crippen LogP) is 2.94. The molecule has 132 valence electrons. The first-order chi connectivity index (χ1) is 12.0. The van der Waals surface area contributed by atoms with E-state index in [9.17, 15) is 4.79 Å². The maximum Gasteiger partial charge on any atom is 0.238 e. The molecular formula is C19H23ClN4O. The molecule has 1 aromatic heterocycles. The number of halogens is 1. The lowest BCUT2D eigenvalue weighted by atomic mass is 10.1. The van der Waals surface area contributed by atoms with Gasteiger partial charge < -0.3 is 10.6 Å². The molecule has 3 rings (SSSR count). The number of hydrogen-bond acceptors (Lipinski definition) is 4. The Morgan fingerprint density at radius 1 is 1.44 bits per heavy atom. The fourth-order valence-electron chi connectivity index (χ4n) is 3.27. The van der Waals surface area contributed by atoms with Gasteiger partial charge in [0.1, 0.15) is 0 Å². The number of anilines is 1. The molecule has 0 radical (unpaired) electrons. The third-order valence-corrected chi connectivity index (χ3v) is 4.76. The van der Waals surface area contributed by atoms with Gasteiger partial charge in [-0.05, 0) is 42.7 Å². The fourth-order valence-corrected chi connectivity index (χ4v) is 3.64. The third kappa shape index (κ3) is 4.37. The summed E-state index contributed by atoms with van der Waals surface area (Å²) >= 11 is 6.30. The summed E-state index contributed by atoms with van der Waals surface area (Å²) in [6, 6.07) is 8.01. The highest BCUT2D eigenvalue weighted by Gasteiger charge is 2.26. The van der Waals surface area contributed by atoms with E-state index in [0.29, 0.717) is 17.3 Å². The second-order valence-corrected chi connectivity index (χ2v) is 6.87. The topological polar surface area (TPSA) is 57.3 Å². The number of piperazine rings is 1. The van der Waals surface area contributed by atoms with Crippen molar-refractivity contribution in [3.8, 4) is 0 Å². The van der Waals surface area contributed by atoms with Gasteiger partial charge in [0, 0.05) is 38.1 Å². The molecule has 1 fully saturated rings. The Kier molecular flexibility index (Phi) is 5.68. The second-order valence-electron chi connectivity index (χ2n) is 6.46. The van der Waals surface area contributed by atoms with E-state index < -0.39 is 0 Å². The third-order valence-electron chi connectivity index (χ3n) is 4.47. The molecule has 6 heteroatoms. The summed E-state index contributed by atoms with van der Waals surface area (Å²) < 4.78 is 0. The summed E-state index contributed by atoms with van der Waals surface area (Å²) in [6.45, 7) is 6.76. The van der Waals surface area contributed by atoms with Gasteiger partial charge in [-0.3, -0.25) is 14.7 Å². The Morgan fingerprint density at radius 2 is 2.28 bits per heavy atom. The molecule has 1 atom stereocenters. The van der Waals surface area contributed by atoms with E-state index in [1.165, 1.54) is 0 Å². The number of pyridine rings is 1. The van der Waals surface area contributed by atoms with E-state index in [4.69, 9.17) is 11.6 Å². The summed E-state index contributed by atoms with van der Waals surface area (Å²) in [6.07, 6.45) is 3.63. The number of carbonyl (C=O) groups excluding carboxylic acids is 1. The van der Waals surface area contributed by atoms with Crippen LogP contribution in [0, 0.1) is 13.8 Å². The highest BCUT2D eigenvalue weighted by atomic mass is 35.5. The normalized spacial score (nSPS) is 18.1. The molecule has 1 aromatic carbocycles. The van der Waals surface area contributed by atoms with Crippen molar-refractivity contribution in [2.24, 2.45) is 0 Å². The number of hydrogen-bond donors (Lipinski definition) is 2. The number of nitrogens with one attached hydrogen (secondary N) is 2. The molecule has 1 saturated heterocycles. The van der Waals surface area contributed by atoms with Crippen LogP contribution in [0.5, 0.6) is 0 Å². The Balaban J connectivity index is 1.71. The van der Waals surface area contributed by atoms with Crippen LogP contribution in [0.4, 0.5) is 5.69 Å². The molecule has 1 unspecified atom stereocenters. The molecule has 25 heavy (non-hydrogen) atoms. The zero-order valence-electron chi connectivity index (χ0n) is 14.6. The van der Waals surface area contributed by atoms with Gasteiger partial charge in [0.25, 0.3) is 0 Å². The first-order valence-corrected chi connectivity index (χ1v) is 8.83. The van der Waals surface area contributed by atoms with Crippen LogP contribution in [0.15, 0.2) is 36.7 Å². The Labute approximate surface area is 153 Å². The molecule has 1 aliphatic rings. The monoisotopic (exact) mass is 358 g/mol. The maximum absolute atomic E-state index is 12.6. The minimum absolute atomic E-state index is 0.0513. The van der Waals surface area contributed by atoms with Gasteiger partial charge in [-0.2, -0.15) is 0 Å². The van der Waals surface area contributed by atoms with Crippen molar-refractivity contribution in [1.29, 1.82) is 0 Å². The van der Waals surface area contributed by atoms with Crippen molar-refractivity contribution in [1.82, 2.24) is 15.2 Å². The molecular weight excluding hydrogens is 336 g/mol. The van der Waals surface area contributed by atoms with Crippen LogP contribution in [-0.2, 0) is 4.79 Å². The van der Waals surface area contributed by atoms with Crippen molar-refractivity contribution < 1.29 is 4.79 Å². The molecule has 2 aromatic rings. The minimum Gasteiger partial charge on any atom is -0.323 e. The van der Waals surface area contributed by atoms with E-state index >= 15 is 0 Å². The van der Waals surface area contributed by atoms with Crippen LogP contribution in [-0.4, -0.2) is 42.0 Å². The summed E-state index contributed by atoms with van der Waals surface area (Å²) in [5, 5.41) is 6.94. The lowest BCUT2D eigenvalue weighted by Crippen LogP contribution is -2.48. The van der Waals surface area contributed by atoms with Crippen molar-refractivity contribution in [2.75, 3.05) is 31.5 Å². The van der Waals surface area contributed by atoms with Crippen LogP contribution >= 0.6 is 11.6 Å². The van der Waals surface area contributed by atoms with Crippen molar-refractivity contribution in [3.05, 3.63) is 58.4 Å². The molecule has 0 aliphatic carbocycles. The largest absolute Gasteiger partial charge is 0.323 e. The van der Waals surface area contributed by atoms with Crippen molar-refractivity contribution >= 4 is 23.2 Å². The summed E-state index contributed by atoms with van der Waals surface area (Å²) in [5.74, 6) is -0.0513. The molecule has 2 heterocycles. The van der Waals surface area contributed by atoms with Crippen LogP contribution in [0.25, 0.3) is 0 Å². The Morgan fingerprint density at radius 3 is 3.00 bits per heavy atom. The number of amides is 1. The van der Waals surface area contributed by atoms with Gasteiger partial charge in [-0.15, -0.1) is 0 Å². The average Bonchev–Trinajstić information content (AvgIpc) is 2.59. The van der Waals surface area contributed by atoms with E-state index in [1.807, 2.05) is 38.2 Å². The summed E-state index contributed by atoms with van der Waals surface area (Å²) in [5.41, 5.74) is 3.87. The van der Waals surface area contributed by atoms with E-state index in [0.717, 1.165) is 36.3 Å². The van der Waals surface area contributed by atoms with Crippen LogP contribution < -0.4 is 10.6 Å². The Bertz CT molecular complexity index is 727. The van der Waals surface area contributed by atoms with Crippen molar-refractivity contribution in [2.45, 2.75) is 19.9 Å². The van der Waals surface area contributed by atoms with E-state index in [1.54, 1.807) is 6.20 Å². The summed E-state index contributed by atoms with van der Waals surface area (Å²) in [7, 11) is 0. The first-order valence-electron chi connectivity index (χ1n) is 8.46. The fraction of sp³-hybridized carbons (Fsp3) is 0.368. The van der Waals surface area contributed by atoms with Crippen molar-refractivity contribution in [3.63, 3.8) is 0 Å². The quantitative estimate of drug-likeness (QED) is 0.882. The molecule has 1 amide bonds. The number of rotatable bonds is 4. The zero-order valence-corrected chi connectivity index (χ0v) is 15.3. The summed E-state index contributed by atoms with van der Waals surface area (Å²) in [4.78, 5) is 19.0. The Hall–Kier alpha value is -1.95. The molecule has 0 bridgehead atoms. The lowest BCUT2D eigenvalue weighted by Gasteiger charge is -2.35. The van der Waals surface area contributed by atoms with Crippen LogP contribution in [0.1, 0.15) is 22.7 Å². The predicted molar refractivity (Wildman–Crippen MR) is 101 cm³/mol. The smallest absolute Gasteiger partial charge is 0.238 e. The highest BCUT2D eigenvalue weighted by Crippen LogP contribution is 2.27. The van der Waals surface area contributed by atoms with Gasteiger partial charge in [0.15, 0.2) is 0 Å². The van der Waals surface area contributed by atoms with Crippen LogP contribution in [0.2, 0.25) is 5.02 Å². The molecule has 0 saturated carbocycles. The molecule has 2 N–H and O–H groups in total. The van der Waals surface area contributed by atoms with Gasteiger partial charge in [0.2, 0.25) is 5.91 Å². The lowest BCUT2D eigenvalue weighted by molar-refractivity contribution is -0.118. The van der Waals surface area contributed by atoms with Crippen LogP contribution in [0.3, 0.4) is 0 Å². The first kappa shape index (κ1) is 17.9. The van der Waals surface area contributed by atoms with Gasteiger partial charge in [-0.25, -0.2) is 0 Å². The number of nitrogens with zero attached hydrogens (tertiary/aromatic N) is 2. The van der Waals surface area contributed by atoms with Gasteiger partial charge >= 0.3 is 0 Å². The standard InChI is InChI=1S/C19H23ClN4O/c1-13-8-14(2)19(16(20)9-13)23-18(25)12-24-7-6-22-11-17(24)15-4-3-5-21-10-15/h3-5,8-10,17,22H,6-7,11-12H2,1-2H3,(H,23,25). The second kappa shape index (κ2) is 7.95. The maximum atomic E-state index is 12.6. The van der Waals surface area contributed by atoms with Gasteiger partial charge in [0.05, 0.1) is 17.3 Å². The van der Waals surface area contributed by atoms with E-state index in [2.05, 4.69) is 26.6 Å². The zero-order chi connectivity index (χ0) is 17.8. The number of carbonyl (C=O) groups is 1. The highest BCUT2D eigenvalue weighted by molar-refractivity contribution is 6.34. The SMILES string of the molecule is Cc1cc(C)c(NC(=O)CN2CCNCC2c2cccnc2)c(Cl)c1. The van der Waals surface area contributed by atoms with Gasteiger partial charge in [-0.1, -0.05) is 23.7 Å². The van der Waals surface area contributed by atoms with E-state index in [-0.39, 0.29) is 11.9 Å². The minimum atomic E-state index is -0.0513. The number of aryl methyl sites for hydroxylation is 2. The average molecular weight is 359 g/mol. The number of aromatic nitrogens is 1. The molecule has 5 nitrogen and oxygen atoms in total. The number of benzene rings is 1.